The minimum absolute atomic E-state index is 0. The number of nitrogens with zero attached hydrogens (tertiary/aromatic N) is 3. The minimum Gasteiger partial charge on any atom is -0.497 e. The van der Waals surface area contributed by atoms with Gasteiger partial charge in [-0.25, -0.2) is 10.2 Å². The fourth-order valence-corrected chi connectivity index (χ4v) is 3.85. The van der Waals surface area contributed by atoms with Gasteiger partial charge >= 0.3 is 6.03 Å². The van der Waals surface area contributed by atoms with E-state index < -0.39 is 0 Å². The lowest BCUT2D eigenvalue weighted by Gasteiger charge is -2.23. The third-order valence-corrected chi connectivity index (χ3v) is 5.69. The number of urea groups is 1. The van der Waals surface area contributed by atoms with E-state index in [2.05, 4.69) is 10.4 Å². The first-order valence-corrected chi connectivity index (χ1v) is 10.7. The summed E-state index contributed by atoms with van der Waals surface area (Å²) in [7, 11) is 3.31. The van der Waals surface area contributed by atoms with Gasteiger partial charge < -0.3 is 14.4 Å². The molecule has 174 valence electrons. The molecule has 1 unspecified atom stereocenters. The van der Waals surface area contributed by atoms with E-state index in [1.165, 1.54) is 0 Å². The van der Waals surface area contributed by atoms with Crippen molar-refractivity contribution in [3.63, 3.8) is 0 Å². The quantitative estimate of drug-likeness (QED) is 0.524. The van der Waals surface area contributed by atoms with Gasteiger partial charge in [-0.05, 0) is 53.9 Å². The summed E-state index contributed by atoms with van der Waals surface area (Å²) in [6, 6.07) is 21.6. The van der Waals surface area contributed by atoms with Gasteiger partial charge in [-0.2, -0.15) is 0 Å². The molecule has 1 aromatic heterocycles. The van der Waals surface area contributed by atoms with Crippen LogP contribution in [-0.2, 0) is 13.0 Å². The van der Waals surface area contributed by atoms with E-state index in [1.54, 1.807) is 25.4 Å². The predicted molar refractivity (Wildman–Crippen MR) is 129 cm³/mol. The summed E-state index contributed by atoms with van der Waals surface area (Å²) in [6.07, 6.45) is 2.51. The molecule has 2 amide bonds. The van der Waals surface area contributed by atoms with Crippen molar-refractivity contribution in [1.29, 1.82) is 0 Å². The lowest BCUT2D eigenvalue weighted by Crippen LogP contribution is -2.41. The molecular weight excluding hydrogens is 416 g/mol. The number of aromatic nitrogens is 1. The van der Waals surface area contributed by atoms with E-state index in [0.29, 0.717) is 19.6 Å². The first kappa shape index (κ1) is 24.1. The summed E-state index contributed by atoms with van der Waals surface area (Å²) in [5.41, 5.74) is 6.38. The molecule has 7 nitrogen and oxygen atoms in total. The van der Waals surface area contributed by atoms with Crippen molar-refractivity contribution in [3.05, 3.63) is 89.7 Å². The average Bonchev–Trinajstić information content (AvgIpc) is 3.17. The largest absolute Gasteiger partial charge is 0.497 e. The molecule has 3 aromatic rings. The number of amides is 2. The van der Waals surface area contributed by atoms with Crippen LogP contribution in [0.2, 0.25) is 0 Å². The molecule has 1 fully saturated rings. The highest BCUT2D eigenvalue weighted by Crippen LogP contribution is 2.30. The van der Waals surface area contributed by atoms with Crippen molar-refractivity contribution in [3.8, 4) is 11.5 Å². The lowest BCUT2D eigenvalue weighted by molar-refractivity contribution is 0.171. The molecule has 1 saturated heterocycles. The Morgan fingerprint density at radius 2 is 1.64 bits per heavy atom. The van der Waals surface area contributed by atoms with Crippen LogP contribution in [0.5, 0.6) is 11.5 Å². The number of carbonyl (C=O) groups is 1. The first-order chi connectivity index (χ1) is 15.7. The van der Waals surface area contributed by atoms with E-state index in [1.807, 2.05) is 71.6 Å². The highest BCUT2D eigenvalue weighted by molar-refractivity contribution is 5.77. The molecule has 7 heteroatoms. The zero-order valence-corrected chi connectivity index (χ0v) is 18.4. The molecule has 1 atom stereocenters. The van der Waals surface area contributed by atoms with Crippen molar-refractivity contribution >= 4 is 6.03 Å². The number of hydrogen-bond donors (Lipinski definition) is 1. The van der Waals surface area contributed by atoms with Crippen LogP contribution in [0.4, 0.5) is 4.79 Å². The summed E-state index contributed by atoms with van der Waals surface area (Å²) in [5, 5.41) is 1.69. The second kappa shape index (κ2) is 11.3. The number of hydrogen-bond acceptors (Lipinski definition) is 5. The molecule has 0 radical (unpaired) electrons. The highest BCUT2D eigenvalue weighted by atomic mass is 16.5. The fraction of sp³-hybridized carbons (Fsp3) is 0.308. The van der Waals surface area contributed by atoms with Gasteiger partial charge in [-0.1, -0.05) is 37.8 Å². The molecule has 1 N–H and O–H groups in total. The molecule has 1 aliphatic rings. The number of ether oxygens (including phenoxy) is 2. The molecule has 1 aliphatic heterocycles. The standard InChI is InChI=1S/C25H28N4O3.CH4/c1-31-22-10-6-19(7-11-22)14-16-28-24(20-8-12-23(32-2)13-9-20)18-29(25(28)30)27-17-21-5-3-4-15-26-21;/h3-13,15,24,27H,14,16-18H2,1-2H3;1H4. The number of pyridine rings is 1. The van der Waals surface area contributed by atoms with Crippen LogP contribution in [0.1, 0.15) is 30.3 Å². The zero-order chi connectivity index (χ0) is 22.3. The molecular formula is C26H32N4O3. The van der Waals surface area contributed by atoms with Gasteiger partial charge in [0.15, 0.2) is 0 Å². The van der Waals surface area contributed by atoms with Crippen molar-refractivity contribution < 1.29 is 14.3 Å². The molecule has 2 heterocycles. The number of nitrogens with one attached hydrogen (secondary N) is 1. The van der Waals surface area contributed by atoms with Crippen LogP contribution in [0.3, 0.4) is 0 Å². The van der Waals surface area contributed by atoms with Crippen molar-refractivity contribution in [2.24, 2.45) is 0 Å². The monoisotopic (exact) mass is 448 g/mol. The third-order valence-electron chi connectivity index (χ3n) is 5.69. The van der Waals surface area contributed by atoms with E-state index in [4.69, 9.17) is 9.47 Å². The van der Waals surface area contributed by atoms with Crippen molar-refractivity contribution in [2.75, 3.05) is 27.3 Å². The van der Waals surface area contributed by atoms with Crippen molar-refractivity contribution in [1.82, 2.24) is 20.3 Å². The Kier molecular flexibility index (Phi) is 8.27. The molecule has 0 saturated carbocycles. The summed E-state index contributed by atoms with van der Waals surface area (Å²) in [6.45, 7) is 1.67. The Hall–Kier alpha value is -3.58. The van der Waals surface area contributed by atoms with Crippen molar-refractivity contribution in [2.45, 2.75) is 26.4 Å². The predicted octanol–water partition coefficient (Wildman–Crippen LogP) is 4.46. The molecule has 2 aromatic carbocycles. The number of carbonyl (C=O) groups excluding carboxylic acids is 1. The summed E-state index contributed by atoms with van der Waals surface area (Å²) < 4.78 is 10.5. The SMILES string of the molecule is C.COc1ccc(CCN2C(=O)N(NCc3ccccn3)CC2c2ccc(OC)cc2)cc1. The number of rotatable bonds is 9. The molecule has 0 spiro atoms. The Labute approximate surface area is 195 Å². The molecule has 0 aliphatic carbocycles. The lowest BCUT2D eigenvalue weighted by atomic mass is 10.1. The van der Waals surface area contributed by atoms with E-state index in [9.17, 15) is 4.79 Å². The van der Waals surface area contributed by atoms with Crippen LogP contribution in [0.15, 0.2) is 72.9 Å². The minimum atomic E-state index is -0.0529. The zero-order valence-electron chi connectivity index (χ0n) is 18.4. The maximum absolute atomic E-state index is 13.3. The van der Waals surface area contributed by atoms with Crippen LogP contribution in [0.25, 0.3) is 0 Å². The Bertz CT molecular complexity index is 1010. The average molecular weight is 449 g/mol. The topological polar surface area (TPSA) is 66.9 Å². The normalized spacial score (nSPS) is 15.3. The number of benzene rings is 2. The van der Waals surface area contributed by atoms with Crippen LogP contribution in [0, 0.1) is 0 Å². The maximum atomic E-state index is 13.3. The second-order valence-electron chi connectivity index (χ2n) is 7.63. The van der Waals surface area contributed by atoms with Gasteiger partial charge in [0.2, 0.25) is 0 Å². The van der Waals surface area contributed by atoms with Gasteiger partial charge in [0.1, 0.15) is 11.5 Å². The summed E-state index contributed by atoms with van der Waals surface area (Å²) in [5.74, 6) is 1.62. The third kappa shape index (κ3) is 5.81. The molecule has 4 rings (SSSR count). The van der Waals surface area contributed by atoms with E-state index in [0.717, 1.165) is 34.7 Å². The Morgan fingerprint density at radius 3 is 2.24 bits per heavy atom. The number of methoxy groups -OCH3 is 2. The Balaban J connectivity index is 0.00000306. The molecule has 33 heavy (non-hydrogen) atoms. The molecule has 0 bridgehead atoms. The Morgan fingerprint density at radius 1 is 0.970 bits per heavy atom. The highest BCUT2D eigenvalue weighted by Gasteiger charge is 2.37. The van der Waals surface area contributed by atoms with Crippen LogP contribution < -0.4 is 14.9 Å². The fourth-order valence-electron chi connectivity index (χ4n) is 3.85. The van der Waals surface area contributed by atoms with Gasteiger partial charge in [0.05, 0.1) is 39.0 Å². The van der Waals surface area contributed by atoms with Crippen LogP contribution >= 0.6 is 0 Å². The van der Waals surface area contributed by atoms with Gasteiger partial charge in [-0.15, -0.1) is 0 Å². The van der Waals surface area contributed by atoms with Crippen LogP contribution in [-0.4, -0.2) is 48.2 Å². The second-order valence-corrected chi connectivity index (χ2v) is 7.63. The van der Waals surface area contributed by atoms with Gasteiger partial charge in [0.25, 0.3) is 0 Å². The first-order valence-electron chi connectivity index (χ1n) is 10.7. The smallest absolute Gasteiger partial charge is 0.335 e. The summed E-state index contributed by atoms with van der Waals surface area (Å²) >= 11 is 0. The van der Waals surface area contributed by atoms with Gasteiger partial charge in [0, 0.05) is 12.7 Å². The van der Waals surface area contributed by atoms with Gasteiger partial charge in [-0.3, -0.25) is 9.99 Å². The van der Waals surface area contributed by atoms with E-state index >= 15 is 0 Å². The maximum Gasteiger partial charge on any atom is 0.335 e. The summed E-state index contributed by atoms with van der Waals surface area (Å²) in [4.78, 5) is 19.5. The van der Waals surface area contributed by atoms with E-state index in [-0.39, 0.29) is 19.5 Å². The number of hydrazine groups is 1.